The van der Waals surface area contributed by atoms with Gasteiger partial charge >= 0.3 is 0 Å². The average molecular weight is 445 g/mol. The molecule has 2 saturated heterocycles. The van der Waals surface area contributed by atoms with Crippen LogP contribution >= 0.6 is 0 Å². The maximum atomic E-state index is 13.2. The summed E-state index contributed by atoms with van der Waals surface area (Å²) in [6.07, 6.45) is 2.02. The molecular formula is C26H28N4O3. The Balaban J connectivity index is 1.33. The first-order chi connectivity index (χ1) is 16.0. The third kappa shape index (κ3) is 4.27. The van der Waals surface area contributed by atoms with Gasteiger partial charge in [-0.1, -0.05) is 48.5 Å². The summed E-state index contributed by atoms with van der Waals surface area (Å²) in [5.74, 6) is 1.27. The van der Waals surface area contributed by atoms with E-state index in [0.717, 1.165) is 18.4 Å². The first kappa shape index (κ1) is 21.4. The highest BCUT2D eigenvalue weighted by atomic mass is 16.4. The van der Waals surface area contributed by atoms with Gasteiger partial charge in [0.2, 0.25) is 17.7 Å². The number of rotatable bonds is 4. The first-order valence-corrected chi connectivity index (χ1v) is 11.5. The van der Waals surface area contributed by atoms with Gasteiger partial charge in [-0.05, 0) is 30.5 Å². The molecule has 1 aromatic heterocycles. The van der Waals surface area contributed by atoms with Crippen LogP contribution in [-0.2, 0) is 11.2 Å². The lowest BCUT2D eigenvalue weighted by Gasteiger charge is -2.41. The molecule has 5 rings (SSSR count). The topological polar surface area (TPSA) is 79.5 Å². The molecule has 33 heavy (non-hydrogen) atoms. The van der Waals surface area contributed by atoms with E-state index in [1.54, 1.807) is 6.92 Å². The second-order valence-electron chi connectivity index (χ2n) is 9.17. The lowest BCUT2D eigenvalue weighted by atomic mass is 9.70. The van der Waals surface area contributed by atoms with Crippen LogP contribution in [0.2, 0.25) is 0 Å². The molecule has 0 aliphatic carbocycles. The number of hydrogen-bond donors (Lipinski definition) is 0. The fourth-order valence-electron chi connectivity index (χ4n) is 5.27. The zero-order chi connectivity index (χ0) is 22.8. The van der Waals surface area contributed by atoms with Crippen molar-refractivity contribution in [1.29, 1.82) is 0 Å². The van der Waals surface area contributed by atoms with Gasteiger partial charge in [-0.25, -0.2) is 0 Å². The van der Waals surface area contributed by atoms with Gasteiger partial charge in [0.15, 0.2) is 0 Å². The molecule has 170 valence electrons. The molecular weight excluding hydrogens is 416 g/mol. The lowest BCUT2D eigenvalue weighted by molar-refractivity contribution is -0.132. The van der Waals surface area contributed by atoms with Gasteiger partial charge in [-0.3, -0.25) is 9.59 Å². The van der Waals surface area contributed by atoms with Crippen molar-refractivity contribution in [2.45, 2.75) is 32.1 Å². The van der Waals surface area contributed by atoms with Crippen LogP contribution in [0.4, 0.5) is 0 Å². The van der Waals surface area contributed by atoms with Gasteiger partial charge < -0.3 is 14.2 Å². The molecule has 7 nitrogen and oxygen atoms in total. The second-order valence-corrected chi connectivity index (χ2v) is 9.17. The zero-order valence-electron chi connectivity index (χ0n) is 18.8. The van der Waals surface area contributed by atoms with Crippen molar-refractivity contribution in [1.82, 2.24) is 20.0 Å². The van der Waals surface area contributed by atoms with E-state index in [0.29, 0.717) is 49.9 Å². The summed E-state index contributed by atoms with van der Waals surface area (Å²) in [4.78, 5) is 30.0. The van der Waals surface area contributed by atoms with Crippen molar-refractivity contribution < 1.29 is 14.0 Å². The molecule has 1 spiro atoms. The summed E-state index contributed by atoms with van der Waals surface area (Å²) in [6, 6.07) is 19.2. The highest BCUT2D eigenvalue weighted by molar-refractivity contribution is 5.94. The number of amides is 2. The van der Waals surface area contributed by atoms with Gasteiger partial charge in [-0.2, -0.15) is 0 Å². The molecule has 2 aliphatic rings. The summed E-state index contributed by atoms with van der Waals surface area (Å²) in [5.41, 5.74) is 1.54. The Bertz CT molecular complexity index is 1120. The Morgan fingerprint density at radius 3 is 2.27 bits per heavy atom. The maximum Gasteiger partial charge on any atom is 0.253 e. The molecule has 2 fully saturated rings. The molecule has 1 atom stereocenters. The van der Waals surface area contributed by atoms with Crippen LogP contribution in [0.3, 0.4) is 0 Å². The van der Waals surface area contributed by atoms with Crippen molar-refractivity contribution >= 4 is 11.8 Å². The molecule has 7 heteroatoms. The number of likely N-dealkylation sites (tertiary alicyclic amines) is 2. The van der Waals surface area contributed by atoms with Crippen molar-refractivity contribution in [2.24, 2.45) is 5.41 Å². The molecule has 0 saturated carbocycles. The highest BCUT2D eigenvalue weighted by Crippen LogP contribution is 2.49. The number of hydrogen-bond acceptors (Lipinski definition) is 5. The summed E-state index contributed by atoms with van der Waals surface area (Å²) >= 11 is 0. The van der Waals surface area contributed by atoms with Crippen LogP contribution in [-0.4, -0.2) is 58.0 Å². The first-order valence-electron chi connectivity index (χ1n) is 11.5. The summed E-state index contributed by atoms with van der Waals surface area (Å²) < 4.78 is 5.84. The monoisotopic (exact) mass is 444 g/mol. The summed E-state index contributed by atoms with van der Waals surface area (Å²) in [6.45, 7) is 4.31. The van der Waals surface area contributed by atoms with Crippen LogP contribution in [0.15, 0.2) is 65.1 Å². The van der Waals surface area contributed by atoms with Gasteiger partial charge in [-0.15, -0.1) is 10.2 Å². The summed E-state index contributed by atoms with van der Waals surface area (Å²) in [7, 11) is 0. The third-order valence-electron chi connectivity index (χ3n) is 7.11. The van der Waals surface area contributed by atoms with Crippen molar-refractivity contribution in [3.05, 3.63) is 83.6 Å². The van der Waals surface area contributed by atoms with E-state index in [1.165, 1.54) is 0 Å². The largest absolute Gasteiger partial charge is 0.425 e. The Morgan fingerprint density at radius 1 is 0.970 bits per heavy atom. The minimum absolute atomic E-state index is 0.0243. The number of aromatic nitrogens is 2. The minimum atomic E-state index is -0.174. The second kappa shape index (κ2) is 8.81. The van der Waals surface area contributed by atoms with E-state index in [4.69, 9.17) is 4.42 Å². The fraction of sp³-hybridized carbons (Fsp3) is 0.385. The summed E-state index contributed by atoms with van der Waals surface area (Å²) in [5, 5.41) is 8.36. The predicted octanol–water partition coefficient (Wildman–Crippen LogP) is 3.47. The Labute approximate surface area is 193 Å². The third-order valence-corrected chi connectivity index (χ3v) is 7.11. The SMILES string of the molecule is Cc1nnc(C2CN(C(=O)c3ccccc3)CC23CCN(C(=O)Cc2ccccc2)CC3)o1. The fourth-order valence-corrected chi connectivity index (χ4v) is 5.27. The Morgan fingerprint density at radius 2 is 1.64 bits per heavy atom. The number of carbonyl (C=O) groups excluding carboxylic acids is 2. The normalized spacial score (nSPS) is 19.7. The van der Waals surface area contributed by atoms with Crippen LogP contribution in [0.25, 0.3) is 0 Å². The number of piperidine rings is 1. The number of aryl methyl sites for hydroxylation is 1. The van der Waals surface area contributed by atoms with E-state index < -0.39 is 0 Å². The molecule has 3 aromatic rings. The highest BCUT2D eigenvalue weighted by Gasteiger charge is 2.52. The van der Waals surface area contributed by atoms with Crippen molar-refractivity contribution in [3.63, 3.8) is 0 Å². The molecule has 2 aliphatic heterocycles. The van der Waals surface area contributed by atoms with Crippen LogP contribution in [0, 0.1) is 12.3 Å². The molecule has 3 heterocycles. The van der Waals surface area contributed by atoms with Crippen LogP contribution < -0.4 is 0 Å². The van der Waals surface area contributed by atoms with Crippen LogP contribution in [0.1, 0.15) is 46.5 Å². The van der Waals surface area contributed by atoms with Gasteiger partial charge in [0, 0.05) is 44.1 Å². The molecule has 0 N–H and O–H groups in total. The zero-order valence-corrected chi connectivity index (χ0v) is 18.8. The number of carbonyl (C=O) groups is 2. The van der Waals surface area contributed by atoms with E-state index in [9.17, 15) is 9.59 Å². The van der Waals surface area contributed by atoms with Crippen molar-refractivity contribution in [2.75, 3.05) is 26.2 Å². The maximum absolute atomic E-state index is 13.2. The van der Waals surface area contributed by atoms with E-state index in [2.05, 4.69) is 10.2 Å². The molecule has 2 aromatic carbocycles. The predicted molar refractivity (Wildman–Crippen MR) is 123 cm³/mol. The Hall–Kier alpha value is -3.48. The van der Waals surface area contributed by atoms with Gasteiger partial charge in [0.25, 0.3) is 5.91 Å². The molecule has 0 radical (unpaired) electrons. The average Bonchev–Trinajstić information content (AvgIpc) is 3.44. The quantitative estimate of drug-likeness (QED) is 0.616. The number of nitrogens with zero attached hydrogens (tertiary/aromatic N) is 4. The van der Waals surface area contributed by atoms with E-state index in [1.807, 2.05) is 70.5 Å². The standard InChI is InChI=1S/C26H28N4O3/c1-19-27-28-24(33-19)22-17-30(25(32)21-10-6-3-7-11-21)18-26(22)12-14-29(15-13-26)23(31)16-20-8-4-2-5-9-20/h2-11,22H,12-18H2,1H3. The molecule has 1 unspecified atom stereocenters. The van der Waals surface area contributed by atoms with Gasteiger partial charge in [0.1, 0.15) is 0 Å². The minimum Gasteiger partial charge on any atom is -0.425 e. The van der Waals surface area contributed by atoms with Crippen LogP contribution in [0.5, 0.6) is 0 Å². The van der Waals surface area contributed by atoms with E-state index >= 15 is 0 Å². The van der Waals surface area contributed by atoms with Crippen molar-refractivity contribution in [3.8, 4) is 0 Å². The smallest absolute Gasteiger partial charge is 0.253 e. The molecule has 0 bridgehead atoms. The molecule has 2 amide bonds. The lowest BCUT2D eigenvalue weighted by Crippen LogP contribution is -2.46. The van der Waals surface area contributed by atoms with Gasteiger partial charge in [0.05, 0.1) is 12.3 Å². The Kier molecular flexibility index (Phi) is 5.70. The van der Waals surface area contributed by atoms with E-state index in [-0.39, 0.29) is 23.1 Å². The number of benzene rings is 2.